The van der Waals surface area contributed by atoms with Crippen LogP contribution < -0.4 is 4.74 Å². The van der Waals surface area contributed by atoms with Crippen molar-refractivity contribution < 1.29 is 9.13 Å². The molecule has 0 aliphatic rings. The topological polar surface area (TPSA) is 35.0 Å². The van der Waals surface area contributed by atoms with Crippen molar-refractivity contribution in [2.75, 3.05) is 0 Å². The van der Waals surface area contributed by atoms with E-state index in [-0.39, 0.29) is 5.75 Å². The van der Waals surface area contributed by atoms with Crippen molar-refractivity contribution in [1.82, 2.24) is 9.97 Å². The zero-order chi connectivity index (χ0) is 9.80. The number of rotatable bonds is 3. The van der Waals surface area contributed by atoms with Gasteiger partial charge in [-0.3, -0.25) is 4.98 Å². The third-order valence-electron chi connectivity index (χ3n) is 1.58. The van der Waals surface area contributed by atoms with Crippen molar-refractivity contribution in [2.45, 2.75) is 6.61 Å². The molecule has 5 heteroatoms. The zero-order valence-electron chi connectivity index (χ0n) is 7.18. The van der Waals surface area contributed by atoms with Gasteiger partial charge in [0.15, 0.2) is 5.75 Å². The Labute approximate surface area is 84.2 Å². The number of hydrogen-bond acceptors (Lipinski definition) is 4. The highest BCUT2D eigenvalue weighted by Crippen LogP contribution is 2.16. The molecule has 0 aliphatic heterocycles. The second kappa shape index (κ2) is 4.15. The first-order chi connectivity index (χ1) is 6.86. The van der Waals surface area contributed by atoms with Crippen LogP contribution >= 0.6 is 11.3 Å². The molecule has 0 spiro atoms. The maximum Gasteiger partial charge on any atom is 0.255 e. The summed E-state index contributed by atoms with van der Waals surface area (Å²) in [6.45, 7) is 0.327. The van der Waals surface area contributed by atoms with Crippen LogP contribution in [-0.2, 0) is 6.61 Å². The Morgan fingerprint density at radius 3 is 3.14 bits per heavy atom. The number of nitrogens with zero attached hydrogens (tertiary/aromatic N) is 2. The molecule has 0 bridgehead atoms. The summed E-state index contributed by atoms with van der Waals surface area (Å²) in [5, 5.41) is 0. The van der Waals surface area contributed by atoms with Gasteiger partial charge in [-0.1, -0.05) is 0 Å². The number of pyridine rings is 1. The minimum atomic E-state index is -0.586. The van der Waals surface area contributed by atoms with E-state index in [1.807, 2.05) is 0 Å². The van der Waals surface area contributed by atoms with Gasteiger partial charge in [-0.25, -0.2) is 4.98 Å². The average Bonchev–Trinajstić information content (AvgIpc) is 2.69. The average molecular weight is 210 g/mol. The molecule has 3 nitrogen and oxygen atoms in total. The van der Waals surface area contributed by atoms with Crippen LogP contribution in [0.1, 0.15) is 4.88 Å². The van der Waals surface area contributed by atoms with Crippen molar-refractivity contribution in [2.24, 2.45) is 0 Å². The first-order valence-electron chi connectivity index (χ1n) is 3.97. The van der Waals surface area contributed by atoms with E-state index >= 15 is 0 Å². The summed E-state index contributed by atoms with van der Waals surface area (Å²) in [4.78, 5) is 8.31. The summed E-state index contributed by atoms with van der Waals surface area (Å²) >= 11 is 1.47. The summed E-state index contributed by atoms with van der Waals surface area (Å²) < 4.78 is 18.2. The molecule has 0 saturated heterocycles. The van der Waals surface area contributed by atoms with Gasteiger partial charge in [-0.05, 0) is 12.1 Å². The molecule has 0 aliphatic carbocycles. The van der Waals surface area contributed by atoms with Crippen molar-refractivity contribution in [1.29, 1.82) is 0 Å². The van der Waals surface area contributed by atoms with Crippen LogP contribution in [-0.4, -0.2) is 9.97 Å². The maximum absolute atomic E-state index is 13.0. The second-order valence-electron chi connectivity index (χ2n) is 2.55. The molecule has 0 radical (unpaired) electrons. The van der Waals surface area contributed by atoms with Crippen LogP contribution in [0, 0.1) is 5.95 Å². The minimum absolute atomic E-state index is 0.168. The van der Waals surface area contributed by atoms with Gasteiger partial charge in [0.05, 0.1) is 10.4 Å². The monoisotopic (exact) mass is 210 g/mol. The highest BCUT2D eigenvalue weighted by atomic mass is 32.1. The molecule has 72 valence electrons. The molecule has 0 aromatic carbocycles. The molecule has 14 heavy (non-hydrogen) atoms. The Morgan fingerprint density at radius 2 is 2.43 bits per heavy atom. The fraction of sp³-hybridized carbons (Fsp3) is 0.111. The molecule has 0 saturated carbocycles. The SMILES string of the molecule is Fc1ncccc1OCc1cncs1. The highest BCUT2D eigenvalue weighted by Gasteiger charge is 2.03. The smallest absolute Gasteiger partial charge is 0.255 e. The molecule has 0 fully saturated rings. The molecule has 2 aromatic heterocycles. The Hall–Kier alpha value is -1.49. The van der Waals surface area contributed by atoms with Gasteiger partial charge in [0.2, 0.25) is 0 Å². The number of halogens is 1. The van der Waals surface area contributed by atoms with E-state index in [2.05, 4.69) is 9.97 Å². The summed E-state index contributed by atoms with van der Waals surface area (Å²) in [6, 6.07) is 3.18. The number of ether oxygens (including phenoxy) is 1. The Kier molecular flexibility index (Phi) is 2.69. The maximum atomic E-state index is 13.0. The van der Waals surface area contributed by atoms with Crippen molar-refractivity contribution in [3.8, 4) is 5.75 Å². The summed E-state index contributed by atoms with van der Waals surface area (Å²) in [5.74, 6) is -0.419. The number of thiazole rings is 1. The van der Waals surface area contributed by atoms with Crippen molar-refractivity contribution in [3.63, 3.8) is 0 Å². The molecule has 0 N–H and O–H groups in total. The molecule has 2 rings (SSSR count). The summed E-state index contributed by atoms with van der Waals surface area (Å²) in [5.41, 5.74) is 1.71. The lowest BCUT2D eigenvalue weighted by Crippen LogP contribution is -1.96. The van der Waals surface area contributed by atoms with Gasteiger partial charge >= 0.3 is 0 Å². The summed E-state index contributed by atoms with van der Waals surface area (Å²) in [6.07, 6.45) is 3.08. The van der Waals surface area contributed by atoms with Crippen LogP contribution in [0.15, 0.2) is 30.0 Å². The molecule has 2 aromatic rings. The number of hydrogen-bond donors (Lipinski definition) is 0. The van der Waals surface area contributed by atoms with Gasteiger partial charge in [-0.15, -0.1) is 11.3 Å². The fourth-order valence-corrected chi connectivity index (χ4v) is 1.45. The van der Waals surface area contributed by atoms with Gasteiger partial charge in [0.25, 0.3) is 5.95 Å². The van der Waals surface area contributed by atoms with Crippen LogP contribution in [0.2, 0.25) is 0 Å². The van der Waals surface area contributed by atoms with Gasteiger partial charge in [-0.2, -0.15) is 4.39 Å². The summed E-state index contributed by atoms with van der Waals surface area (Å²) in [7, 11) is 0. The first-order valence-corrected chi connectivity index (χ1v) is 4.85. The molecule has 0 unspecified atom stereocenters. The highest BCUT2D eigenvalue weighted by molar-refractivity contribution is 7.09. The molecule has 0 atom stereocenters. The van der Waals surface area contributed by atoms with E-state index in [0.29, 0.717) is 6.61 Å². The Bertz CT molecular complexity index is 405. The van der Waals surface area contributed by atoms with Gasteiger partial charge in [0, 0.05) is 12.4 Å². The van der Waals surface area contributed by atoms with Crippen LogP contribution in [0.5, 0.6) is 5.75 Å². The van der Waals surface area contributed by atoms with E-state index in [4.69, 9.17) is 4.74 Å². The van der Waals surface area contributed by atoms with Crippen LogP contribution in [0.4, 0.5) is 4.39 Å². The van der Waals surface area contributed by atoms with E-state index in [0.717, 1.165) is 4.88 Å². The van der Waals surface area contributed by atoms with Gasteiger partial charge in [0.1, 0.15) is 6.61 Å². The number of aromatic nitrogens is 2. The van der Waals surface area contributed by atoms with Crippen LogP contribution in [0.3, 0.4) is 0 Å². The predicted molar refractivity (Wildman–Crippen MR) is 50.6 cm³/mol. The lowest BCUT2D eigenvalue weighted by Gasteiger charge is -2.03. The lowest BCUT2D eigenvalue weighted by molar-refractivity contribution is 0.289. The molecule has 2 heterocycles. The Balaban J connectivity index is 2.02. The third-order valence-corrected chi connectivity index (χ3v) is 2.33. The second-order valence-corrected chi connectivity index (χ2v) is 3.52. The van der Waals surface area contributed by atoms with E-state index in [9.17, 15) is 4.39 Å². The Morgan fingerprint density at radius 1 is 1.50 bits per heavy atom. The zero-order valence-corrected chi connectivity index (χ0v) is 8.00. The normalized spacial score (nSPS) is 10.1. The first kappa shape index (κ1) is 9.08. The van der Waals surface area contributed by atoms with Gasteiger partial charge < -0.3 is 4.74 Å². The van der Waals surface area contributed by atoms with E-state index in [1.54, 1.807) is 23.8 Å². The van der Waals surface area contributed by atoms with E-state index < -0.39 is 5.95 Å². The van der Waals surface area contributed by atoms with Crippen LogP contribution in [0.25, 0.3) is 0 Å². The van der Waals surface area contributed by atoms with E-state index in [1.165, 1.54) is 17.5 Å². The minimum Gasteiger partial charge on any atom is -0.483 e. The third kappa shape index (κ3) is 2.05. The molecular formula is C9H7FN2OS. The predicted octanol–water partition coefficient (Wildman–Crippen LogP) is 2.26. The lowest BCUT2D eigenvalue weighted by atomic mass is 10.4. The molecule has 0 amide bonds. The molecular weight excluding hydrogens is 203 g/mol. The van der Waals surface area contributed by atoms with Crippen molar-refractivity contribution >= 4 is 11.3 Å². The standard InChI is InChI=1S/C9H7FN2OS/c10-9-8(2-1-3-12-9)13-5-7-4-11-6-14-7/h1-4,6H,5H2. The fourth-order valence-electron chi connectivity index (χ4n) is 0.941. The quantitative estimate of drug-likeness (QED) is 0.729. The largest absolute Gasteiger partial charge is 0.483 e. The van der Waals surface area contributed by atoms with Crippen molar-refractivity contribution in [3.05, 3.63) is 40.9 Å².